The molecule has 0 saturated carbocycles. The number of nitrogens with one attached hydrogen (secondary N) is 1. The molecule has 0 aromatic carbocycles. The highest BCUT2D eigenvalue weighted by Gasteiger charge is 2.42. The van der Waals surface area contributed by atoms with Crippen LogP contribution in [-0.4, -0.2) is 65.8 Å². The Hall–Kier alpha value is -0.810. The largest absolute Gasteiger partial charge is 0.444 e. The molecule has 5 heteroatoms. The molecule has 3 rings (SSSR count). The second-order valence-electron chi connectivity index (χ2n) is 7.69. The molecule has 3 heterocycles. The molecule has 0 aromatic heterocycles. The molecule has 1 amide bonds. The minimum Gasteiger partial charge on any atom is -0.444 e. The maximum atomic E-state index is 12.5. The Balaban J connectivity index is 1.75. The van der Waals surface area contributed by atoms with Gasteiger partial charge in [0.25, 0.3) is 0 Å². The van der Waals surface area contributed by atoms with Gasteiger partial charge in [0.1, 0.15) is 5.60 Å². The molecule has 0 radical (unpaired) electrons. The predicted octanol–water partition coefficient (Wildman–Crippen LogP) is 1.82. The Morgan fingerprint density at radius 1 is 1.19 bits per heavy atom. The number of rotatable bonds is 0. The van der Waals surface area contributed by atoms with Gasteiger partial charge in [0.05, 0.1) is 0 Å². The van der Waals surface area contributed by atoms with Crippen LogP contribution in [0.15, 0.2) is 0 Å². The van der Waals surface area contributed by atoms with Gasteiger partial charge in [-0.15, -0.1) is 0 Å². The van der Waals surface area contributed by atoms with Gasteiger partial charge in [-0.3, -0.25) is 4.90 Å². The number of fused-ring (bicyclic) bond motifs is 3. The Kier molecular flexibility index (Phi) is 4.14. The van der Waals surface area contributed by atoms with Crippen LogP contribution < -0.4 is 5.32 Å². The number of nitrogens with zero attached hydrogens (tertiary/aromatic N) is 2. The molecular formula is C16H29N3O2. The molecule has 3 unspecified atom stereocenters. The van der Waals surface area contributed by atoms with E-state index in [9.17, 15) is 4.79 Å². The zero-order chi connectivity index (χ0) is 15.0. The van der Waals surface area contributed by atoms with E-state index < -0.39 is 5.60 Å². The molecule has 0 aromatic rings. The first-order valence-corrected chi connectivity index (χ1v) is 8.41. The maximum absolute atomic E-state index is 12.5. The standard InChI is InChI=1S/C16H29N3O2/c1-16(2,3)21-15(20)18-10-12-6-5-9-19(12)14-7-4-8-17-13(14)11-18/h12-14,17H,4-11H2,1-3H3. The zero-order valence-electron chi connectivity index (χ0n) is 13.6. The summed E-state index contributed by atoms with van der Waals surface area (Å²) in [6, 6.07) is 1.51. The summed E-state index contributed by atoms with van der Waals surface area (Å²) in [5.74, 6) is 0. The number of carbonyl (C=O) groups excluding carboxylic acids is 1. The van der Waals surface area contributed by atoms with Gasteiger partial charge >= 0.3 is 6.09 Å². The van der Waals surface area contributed by atoms with Crippen LogP contribution in [0.5, 0.6) is 0 Å². The van der Waals surface area contributed by atoms with Crippen molar-refractivity contribution in [3.63, 3.8) is 0 Å². The first-order chi connectivity index (χ1) is 9.94. The summed E-state index contributed by atoms with van der Waals surface area (Å²) in [5, 5.41) is 3.63. The highest BCUT2D eigenvalue weighted by Crippen LogP contribution is 2.30. The van der Waals surface area contributed by atoms with Crippen molar-refractivity contribution >= 4 is 6.09 Å². The third-order valence-electron chi connectivity index (χ3n) is 4.90. The summed E-state index contributed by atoms with van der Waals surface area (Å²) in [5.41, 5.74) is -0.419. The summed E-state index contributed by atoms with van der Waals surface area (Å²) in [4.78, 5) is 17.1. The minimum atomic E-state index is -0.419. The predicted molar refractivity (Wildman–Crippen MR) is 82.3 cm³/mol. The van der Waals surface area contributed by atoms with E-state index >= 15 is 0 Å². The van der Waals surface area contributed by atoms with Crippen molar-refractivity contribution in [1.29, 1.82) is 0 Å². The molecular weight excluding hydrogens is 266 g/mol. The fourth-order valence-corrected chi connectivity index (χ4v) is 4.05. The van der Waals surface area contributed by atoms with E-state index in [1.54, 1.807) is 0 Å². The third-order valence-corrected chi connectivity index (χ3v) is 4.90. The molecule has 3 atom stereocenters. The van der Waals surface area contributed by atoms with Crippen LogP contribution in [0.4, 0.5) is 4.79 Å². The lowest BCUT2D eigenvalue weighted by atomic mass is 9.97. The van der Waals surface area contributed by atoms with Crippen molar-refractivity contribution in [1.82, 2.24) is 15.1 Å². The highest BCUT2D eigenvalue weighted by atomic mass is 16.6. The van der Waals surface area contributed by atoms with Crippen molar-refractivity contribution in [2.45, 2.75) is 70.2 Å². The fraction of sp³-hybridized carbons (Fsp3) is 0.938. The Bertz CT molecular complexity index is 393. The minimum absolute atomic E-state index is 0.151. The summed E-state index contributed by atoms with van der Waals surface area (Å²) in [6.45, 7) is 9.68. The molecule has 120 valence electrons. The average Bonchev–Trinajstić information content (AvgIpc) is 2.79. The van der Waals surface area contributed by atoms with E-state index in [0.717, 1.165) is 19.6 Å². The molecule has 5 nitrogen and oxygen atoms in total. The second-order valence-corrected chi connectivity index (χ2v) is 7.69. The molecule has 1 N–H and O–H groups in total. The number of hydrogen-bond donors (Lipinski definition) is 1. The Morgan fingerprint density at radius 3 is 2.76 bits per heavy atom. The first kappa shape index (κ1) is 15.1. The molecule has 3 saturated heterocycles. The van der Waals surface area contributed by atoms with Crippen molar-refractivity contribution < 1.29 is 9.53 Å². The van der Waals surface area contributed by atoms with E-state index in [1.807, 2.05) is 25.7 Å². The van der Waals surface area contributed by atoms with Crippen molar-refractivity contribution in [3.8, 4) is 0 Å². The summed E-state index contributed by atoms with van der Waals surface area (Å²) >= 11 is 0. The van der Waals surface area contributed by atoms with Crippen LogP contribution in [0.2, 0.25) is 0 Å². The fourth-order valence-electron chi connectivity index (χ4n) is 4.05. The number of ether oxygens (including phenoxy) is 1. The topological polar surface area (TPSA) is 44.8 Å². The van der Waals surface area contributed by atoms with E-state index in [4.69, 9.17) is 4.74 Å². The van der Waals surface area contributed by atoms with Gasteiger partial charge < -0.3 is 15.0 Å². The highest BCUT2D eigenvalue weighted by molar-refractivity contribution is 5.68. The average molecular weight is 295 g/mol. The normalized spacial score (nSPS) is 34.0. The van der Waals surface area contributed by atoms with E-state index in [-0.39, 0.29) is 6.09 Å². The van der Waals surface area contributed by atoms with Gasteiger partial charge in [0.2, 0.25) is 0 Å². The lowest BCUT2D eigenvalue weighted by Gasteiger charge is -2.38. The van der Waals surface area contributed by atoms with Gasteiger partial charge in [-0.2, -0.15) is 0 Å². The Labute approximate surface area is 128 Å². The monoisotopic (exact) mass is 295 g/mol. The smallest absolute Gasteiger partial charge is 0.410 e. The molecule has 3 aliphatic rings. The summed E-state index contributed by atoms with van der Waals surface area (Å²) < 4.78 is 5.60. The number of hydrogen-bond acceptors (Lipinski definition) is 4. The molecule has 3 fully saturated rings. The zero-order valence-corrected chi connectivity index (χ0v) is 13.6. The van der Waals surface area contributed by atoms with Gasteiger partial charge in [-0.05, 0) is 59.5 Å². The van der Waals surface area contributed by atoms with Crippen LogP contribution in [0.25, 0.3) is 0 Å². The van der Waals surface area contributed by atoms with E-state index in [2.05, 4.69) is 10.2 Å². The summed E-state index contributed by atoms with van der Waals surface area (Å²) in [6.07, 6.45) is 4.83. The van der Waals surface area contributed by atoms with Crippen LogP contribution in [0, 0.1) is 0 Å². The van der Waals surface area contributed by atoms with Crippen molar-refractivity contribution in [2.24, 2.45) is 0 Å². The van der Waals surface area contributed by atoms with Crippen LogP contribution in [0.1, 0.15) is 46.5 Å². The second kappa shape index (κ2) is 5.76. The number of carbonyl (C=O) groups is 1. The number of piperidine rings is 1. The lowest BCUT2D eigenvalue weighted by Crippen LogP contribution is -2.55. The molecule has 0 spiro atoms. The first-order valence-electron chi connectivity index (χ1n) is 8.41. The number of amides is 1. The molecule has 0 aliphatic carbocycles. The van der Waals surface area contributed by atoms with Crippen LogP contribution in [0.3, 0.4) is 0 Å². The van der Waals surface area contributed by atoms with E-state index in [0.29, 0.717) is 18.1 Å². The maximum Gasteiger partial charge on any atom is 0.410 e. The van der Waals surface area contributed by atoms with Crippen molar-refractivity contribution in [3.05, 3.63) is 0 Å². The molecule has 0 bridgehead atoms. The Morgan fingerprint density at radius 2 is 2.00 bits per heavy atom. The van der Waals surface area contributed by atoms with Gasteiger partial charge in [-0.1, -0.05) is 0 Å². The van der Waals surface area contributed by atoms with Crippen molar-refractivity contribution in [2.75, 3.05) is 26.2 Å². The van der Waals surface area contributed by atoms with Gasteiger partial charge in [-0.25, -0.2) is 4.79 Å². The summed E-state index contributed by atoms with van der Waals surface area (Å²) in [7, 11) is 0. The quantitative estimate of drug-likeness (QED) is 0.740. The van der Waals surface area contributed by atoms with Crippen LogP contribution in [-0.2, 0) is 4.74 Å². The SMILES string of the molecule is CC(C)(C)OC(=O)N1CC2NCCCC2N2CCCC2C1. The molecule has 21 heavy (non-hydrogen) atoms. The van der Waals surface area contributed by atoms with E-state index in [1.165, 1.54) is 32.2 Å². The third kappa shape index (κ3) is 3.34. The lowest BCUT2D eigenvalue weighted by molar-refractivity contribution is 0.0229. The molecule has 3 aliphatic heterocycles. The van der Waals surface area contributed by atoms with Gasteiger partial charge in [0.15, 0.2) is 0 Å². The van der Waals surface area contributed by atoms with Crippen LogP contribution >= 0.6 is 0 Å². The van der Waals surface area contributed by atoms with Gasteiger partial charge in [0, 0.05) is 31.2 Å².